The molecule has 28 heavy (non-hydrogen) atoms. The number of amides is 2. The van der Waals surface area contributed by atoms with Gasteiger partial charge in [-0.05, 0) is 74.4 Å². The summed E-state index contributed by atoms with van der Waals surface area (Å²) in [7, 11) is 0. The molecule has 0 unspecified atom stereocenters. The van der Waals surface area contributed by atoms with Crippen LogP contribution in [0.2, 0.25) is 0 Å². The molecule has 0 aliphatic rings. The van der Waals surface area contributed by atoms with Gasteiger partial charge in [-0.3, -0.25) is 9.59 Å². The van der Waals surface area contributed by atoms with E-state index in [1.54, 1.807) is 36.4 Å². The van der Waals surface area contributed by atoms with Crippen molar-refractivity contribution in [2.45, 2.75) is 33.3 Å². The van der Waals surface area contributed by atoms with Crippen molar-refractivity contribution in [2.75, 3.05) is 11.9 Å². The normalized spacial score (nSPS) is 10.7. The van der Waals surface area contributed by atoms with Gasteiger partial charge in [0.1, 0.15) is 11.5 Å². The van der Waals surface area contributed by atoms with Crippen LogP contribution in [0, 0.1) is 0 Å². The lowest BCUT2D eigenvalue weighted by Crippen LogP contribution is -2.32. The van der Waals surface area contributed by atoms with E-state index in [1.165, 1.54) is 6.21 Å². The number of ether oxygens (including phenoxy) is 2. The minimum atomic E-state index is -0.859. The summed E-state index contributed by atoms with van der Waals surface area (Å²) in [6.45, 7) is 6.54. The largest absolute Gasteiger partial charge is 0.494 e. The SMILES string of the molecule is CCCOc1ccc(NC(=O)C(=O)N/N=C\c2ccc(OC(C)C)cc2)cc1. The second-order valence-electron chi connectivity index (χ2n) is 6.26. The Balaban J connectivity index is 1.81. The van der Waals surface area contributed by atoms with Crippen molar-refractivity contribution in [1.29, 1.82) is 0 Å². The maximum absolute atomic E-state index is 11.9. The third-order valence-corrected chi connectivity index (χ3v) is 3.42. The molecule has 148 valence electrons. The molecule has 2 amide bonds. The fourth-order valence-corrected chi connectivity index (χ4v) is 2.16. The number of hydrogen-bond donors (Lipinski definition) is 2. The topological polar surface area (TPSA) is 89.0 Å². The molecule has 2 rings (SSSR count). The van der Waals surface area contributed by atoms with Gasteiger partial charge in [-0.25, -0.2) is 5.43 Å². The van der Waals surface area contributed by atoms with E-state index in [-0.39, 0.29) is 6.10 Å². The van der Waals surface area contributed by atoms with Gasteiger partial charge in [0.25, 0.3) is 0 Å². The Labute approximate surface area is 164 Å². The van der Waals surface area contributed by atoms with Crippen molar-refractivity contribution in [2.24, 2.45) is 5.10 Å². The van der Waals surface area contributed by atoms with Gasteiger partial charge in [0.2, 0.25) is 0 Å². The molecule has 0 bridgehead atoms. The maximum Gasteiger partial charge on any atom is 0.329 e. The van der Waals surface area contributed by atoms with E-state index in [4.69, 9.17) is 9.47 Å². The zero-order chi connectivity index (χ0) is 20.4. The third kappa shape index (κ3) is 7.11. The number of carbonyl (C=O) groups is 2. The van der Waals surface area contributed by atoms with E-state index in [1.807, 2.05) is 32.9 Å². The van der Waals surface area contributed by atoms with E-state index < -0.39 is 11.8 Å². The molecular weight excluding hydrogens is 358 g/mol. The van der Waals surface area contributed by atoms with Crippen LogP contribution in [0.25, 0.3) is 0 Å². The second-order valence-corrected chi connectivity index (χ2v) is 6.26. The average Bonchev–Trinajstić information content (AvgIpc) is 2.68. The molecule has 0 saturated carbocycles. The summed E-state index contributed by atoms with van der Waals surface area (Å²) < 4.78 is 11.0. The highest BCUT2D eigenvalue weighted by atomic mass is 16.5. The number of nitrogens with zero attached hydrogens (tertiary/aromatic N) is 1. The summed E-state index contributed by atoms with van der Waals surface area (Å²) in [5.41, 5.74) is 3.46. The van der Waals surface area contributed by atoms with E-state index >= 15 is 0 Å². The molecule has 0 atom stereocenters. The van der Waals surface area contributed by atoms with Crippen LogP contribution in [0.15, 0.2) is 53.6 Å². The predicted molar refractivity (Wildman–Crippen MR) is 109 cm³/mol. The highest BCUT2D eigenvalue weighted by Crippen LogP contribution is 2.16. The van der Waals surface area contributed by atoms with Gasteiger partial charge >= 0.3 is 11.8 Å². The molecule has 0 heterocycles. The Kier molecular flexibility index (Phi) is 8.02. The average molecular weight is 383 g/mol. The summed E-state index contributed by atoms with van der Waals surface area (Å²) >= 11 is 0. The first kappa shape index (κ1) is 21.0. The van der Waals surface area contributed by atoms with Crippen molar-refractivity contribution in [3.63, 3.8) is 0 Å². The van der Waals surface area contributed by atoms with Crippen molar-refractivity contribution < 1.29 is 19.1 Å². The Hall–Kier alpha value is -3.35. The highest BCUT2D eigenvalue weighted by Gasteiger charge is 2.12. The first-order valence-electron chi connectivity index (χ1n) is 9.12. The molecule has 0 aliphatic carbocycles. The fraction of sp³-hybridized carbons (Fsp3) is 0.286. The van der Waals surface area contributed by atoms with Crippen LogP contribution >= 0.6 is 0 Å². The van der Waals surface area contributed by atoms with Crippen LogP contribution in [0.4, 0.5) is 5.69 Å². The summed E-state index contributed by atoms with van der Waals surface area (Å²) in [5.74, 6) is -0.206. The van der Waals surface area contributed by atoms with E-state index in [0.717, 1.165) is 17.7 Å². The van der Waals surface area contributed by atoms with Crippen molar-refractivity contribution >= 4 is 23.7 Å². The molecular formula is C21H25N3O4. The van der Waals surface area contributed by atoms with Crippen molar-refractivity contribution in [3.05, 3.63) is 54.1 Å². The van der Waals surface area contributed by atoms with Gasteiger partial charge in [-0.1, -0.05) is 6.92 Å². The zero-order valence-electron chi connectivity index (χ0n) is 16.3. The van der Waals surface area contributed by atoms with Crippen LogP contribution < -0.4 is 20.2 Å². The molecule has 0 radical (unpaired) electrons. The van der Waals surface area contributed by atoms with Crippen LogP contribution in [0.1, 0.15) is 32.8 Å². The van der Waals surface area contributed by atoms with Gasteiger partial charge in [-0.15, -0.1) is 0 Å². The molecule has 2 aromatic rings. The molecule has 2 N–H and O–H groups in total. The van der Waals surface area contributed by atoms with Gasteiger partial charge in [-0.2, -0.15) is 5.10 Å². The molecule has 7 heteroatoms. The fourth-order valence-electron chi connectivity index (χ4n) is 2.16. The second kappa shape index (κ2) is 10.7. The van der Waals surface area contributed by atoms with Crippen LogP contribution in [0.5, 0.6) is 11.5 Å². The van der Waals surface area contributed by atoms with E-state index in [9.17, 15) is 9.59 Å². The number of nitrogens with one attached hydrogen (secondary N) is 2. The lowest BCUT2D eigenvalue weighted by molar-refractivity contribution is -0.136. The monoisotopic (exact) mass is 383 g/mol. The van der Waals surface area contributed by atoms with Crippen LogP contribution in [0.3, 0.4) is 0 Å². The number of hydrazone groups is 1. The lowest BCUT2D eigenvalue weighted by atomic mass is 10.2. The van der Waals surface area contributed by atoms with E-state index in [0.29, 0.717) is 18.0 Å². The smallest absolute Gasteiger partial charge is 0.329 e. The van der Waals surface area contributed by atoms with E-state index in [2.05, 4.69) is 15.8 Å². The van der Waals surface area contributed by atoms with Crippen LogP contribution in [-0.4, -0.2) is 30.7 Å². The molecule has 0 aromatic heterocycles. The molecule has 0 saturated heterocycles. The number of benzene rings is 2. The Morgan fingerprint density at radius 1 is 1.00 bits per heavy atom. The number of carbonyl (C=O) groups excluding carboxylic acids is 2. The number of rotatable bonds is 8. The first-order valence-corrected chi connectivity index (χ1v) is 9.12. The minimum absolute atomic E-state index is 0.0948. The number of hydrogen-bond acceptors (Lipinski definition) is 5. The van der Waals surface area contributed by atoms with Gasteiger partial charge in [0, 0.05) is 5.69 Å². The standard InChI is InChI=1S/C21H25N3O4/c1-4-13-27-18-11-7-17(8-12-18)23-20(25)21(26)24-22-14-16-5-9-19(10-6-16)28-15(2)3/h5-12,14-15H,4,13H2,1-3H3,(H,23,25)(H,24,26)/b22-14-. The molecule has 0 spiro atoms. The van der Waals surface area contributed by atoms with Crippen molar-refractivity contribution in [1.82, 2.24) is 5.43 Å². The number of anilines is 1. The predicted octanol–water partition coefficient (Wildman–Crippen LogP) is 3.35. The van der Waals surface area contributed by atoms with Crippen molar-refractivity contribution in [3.8, 4) is 11.5 Å². The maximum atomic E-state index is 11.9. The molecule has 7 nitrogen and oxygen atoms in total. The first-order chi connectivity index (χ1) is 13.5. The highest BCUT2D eigenvalue weighted by molar-refractivity contribution is 6.39. The quantitative estimate of drug-likeness (QED) is 0.416. The Morgan fingerprint density at radius 2 is 1.64 bits per heavy atom. The Morgan fingerprint density at radius 3 is 2.25 bits per heavy atom. The van der Waals surface area contributed by atoms with Gasteiger partial charge < -0.3 is 14.8 Å². The van der Waals surface area contributed by atoms with Crippen LogP contribution in [-0.2, 0) is 9.59 Å². The summed E-state index contributed by atoms with van der Waals surface area (Å²) in [6, 6.07) is 14.0. The Bertz CT molecular complexity index is 799. The molecule has 0 fully saturated rings. The van der Waals surface area contributed by atoms with Gasteiger partial charge in [0.15, 0.2) is 0 Å². The lowest BCUT2D eigenvalue weighted by Gasteiger charge is -2.09. The van der Waals surface area contributed by atoms with Gasteiger partial charge in [0.05, 0.1) is 18.9 Å². The molecule has 0 aliphatic heterocycles. The summed E-state index contributed by atoms with van der Waals surface area (Å²) in [4.78, 5) is 23.8. The minimum Gasteiger partial charge on any atom is -0.494 e. The summed E-state index contributed by atoms with van der Waals surface area (Å²) in [5, 5.41) is 6.30. The summed E-state index contributed by atoms with van der Waals surface area (Å²) in [6.07, 6.45) is 2.46. The third-order valence-electron chi connectivity index (χ3n) is 3.42. The zero-order valence-corrected chi connectivity index (χ0v) is 16.3. The molecule has 2 aromatic carbocycles.